The molecule has 29 heavy (non-hydrogen) atoms. The molecule has 0 aromatic heterocycles. The lowest BCUT2D eigenvalue weighted by molar-refractivity contribution is 0.0954. The van der Waals surface area contributed by atoms with Crippen LogP contribution in [-0.2, 0) is 0 Å². The number of rotatable bonds is 9. The van der Waals surface area contributed by atoms with Gasteiger partial charge in [0.1, 0.15) is 6.10 Å². The summed E-state index contributed by atoms with van der Waals surface area (Å²) in [5.41, 5.74) is 0.627. The van der Waals surface area contributed by atoms with E-state index in [2.05, 4.69) is 20.9 Å². The van der Waals surface area contributed by atoms with Crippen LogP contribution < -0.4 is 20.7 Å². The molecule has 1 amide bonds. The second-order valence-corrected chi connectivity index (χ2v) is 6.13. The highest BCUT2D eigenvalue weighted by Crippen LogP contribution is 2.16. The minimum absolute atomic E-state index is 0. The molecule has 2 aromatic carbocycles. The third kappa shape index (κ3) is 9.12. The normalized spacial score (nSPS) is 11.8. The minimum Gasteiger partial charge on any atom is -0.486 e. The predicted octanol–water partition coefficient (Wildman–Crippen LogP) is 3.20. The number of para-hydroxylation sites is 1. The molecule has 0 fully saturated rings. The van der Waals surface area contributed by atoms with Gasteiger partial charge in [0.05, 0.1) is 6.54 Å². The van der Waals surface area contributed by atoms with Crippen LogP contribution in [-0.4, -0.2) is 44.1 Å². The van der Waals surface area contributed by atoms with Crippen LogP contribution in [0.2, 0.25) is 0 Å². The largest absolute Gasteiger partial charge is 0.486 e. The maximum absolute atomic E-state index is 13.6. The molecular weight excluding hydrogens is 486 g/mol. The number of nitrogens with one attached hydrogen (secondary N) is 3. The van der Waals surface area contributed by atoms with Gasteiger partial charge in [-0.2, -0.15) is 0 Å². The Bertz CT molecular complexity index is 774. The van der Waals surface area contributed by atoms with E-state index in [0.717, 1.165) is 0 Å². The zero-order chi connectivity index (χ0) is 20.2. The second-order valence-electron chi connectivity index (χ2n) is 6.13. The van der Waals surface area contributed by atoms with Crippen LogP contribution in [0.1, 0.15) is 24.2 Å². The summed E-state index contributed by atoms with van der Waals surface area (Å²) in [7, 11) is 0. The molecule has 0 bridgehead atoms. The average molecular weight is 514 g/mol. The number of carbonyl (C=O) groups is 1. The Morgan fingerprint density at radius 3 is 2.38 bits per heavy atom. The number of hydrogen-bond donors (Lipinski definition) is 3. The minimum atomic E-state index is -0.391. The molecule has 1 unspecified atom stereocenters. The van der Waals surface area contributed by atoms with Crippen molar-refractivity contribution in [1.29, 1.82) is 0 Å². The Labute approximate surface area is 188 Å². The van der Waals surface area contributed by atoms with Gasteiger partial charge in [0.15, 0.2) is 17.5 Å². The van der Waals surface area contributed by atoms with Crippen molar-refractivity contribution in [3.63, 3.8) is 0 Å². The van der Waals surface area contributed by atoms with Gasteiger partial charge in [-0.3, -0.25) is 4.79 Å². The predicted molar refractivity (Wildman–Crippen MR) is 125 cm³/mol. The van der Waals surface area contributed by atoms with Crippen LogP contribution in [0.3, 0.4) is 0 Å². The molecule has 0 spiro atoms. The molecule has 0 saturated carbocycles. The van der Waals surface area contributed by atoms with Crippen LogP contribution in [0, 0.1) is 5.82 Å². The van der Waals surface area contributed by atoms with Crippen molar-refractivity contribution in [3.05, 3.63) is 66.0 Å². The molecule has 0 aliphatic heterocycles. The fourth-order valence-corrected chi connectivity index (χ4v) is 2.40. The van der Waals surface area contributed by atoms with Crippen LogP contribution in [0.4, 0.5) is 4.39 Å². The third-order valence-electron chi connectivity index (χ3n) is 3.75. The maximum atomic E-state index is 13.6. The molecule has 6 nitrogen and oxygen atoms in total. The van der Waals surface area contributed by atoms with Gasteiger partial charge in [0.2, 0.25) is 0 Å². The molecule has 0 aliphatic carbocycles. The van der Waals surface area contributed by atoms with Crippen molar-refractivity contribution >= 4 is 35.8 Å². The van der Waals surface area contributed by atoms with E-state index in [1.165, 1.54) is 6.07 Å². The van der Waals surface area contributed by atoms with Gasteiger partial charge in [-0.15, -0.1) is 24.0 Å². The lowest BCUT2D eigenvalue weighted by Crippen LogP contribution is -2.42. The molecule has 1 atom stereocenters. The average Bonchev–Trinajstić information content (AvgIpc) is 2.71. The van der Waals surface area contributed by atoms with E-state index in [1.54, 1.807) is 30.3 Å². The first-order valence-electron chi connectivity index (χ1n) is 9.36. The number of carbonyl (C=O) groups excluding carboxylic acids is 1. The molecule has 3 N–H and O–H groups in total. The third-order valence-corrected chi connectivity index (χ3v) is 3.75. The molecule has 0 heterocycles. The Kier molecular flexibility index (Phi) is 11.7. The van der Waals surface area contributed by atoms with Gasteiger partial charge in [-0.1, -0.05) is 30.3 Å². The topological polar surface area (TPSA) is 74.8 Å². The zero-order valence-electron chi connectivity index (χ0n) is 16.7. The Morgan fingerprint density at radius 1 is 1.03 bits per heavy atom. The number of benzene rings is 2. The standard InChI is InChI=1S/C21H27FN4O2.HI/c1-3-23-21(25-14-13-24-20(27)17-9-5-4-6-10-17)26-15-16(2)28-19-12-8-7-11-18(19)22;/h4-12,16H,3,13-15H2,1-2H3,(H,24,27)(H2,23,25,26);1H. The van der Waals surface area contributed by atoms with Gasteiger partial charge in [0, 0.05) is 25.2 Å². The summed E-state index contributed by atoms with van der Waals surface area (Å²) in [5.74, 6) is 0.320. The quantitative estimate of drug-likeness (QED) is 0.208. The van der Waals surface area contributed by atoms with Crippen molar-refractivity contribution in [2.75, 3.05) is 26.2 Å². The van der Waals surface area contributed by atoms with E-state index in [4.69, 9.17) is 4.74 Å². The van der Waals surface area contributed by atoms with Gasteiger partial charge in [0.25, 0.3) is 5.91 Å². The summed E-state index contributed by atoms with van der Waals surface area (Å²) in [6, 6.07) is 15.4. The lowest BCUT2D eigenvalue weighted by Gasteiger charge is -2.15. The van der Waals surface area contributed by atoms with E-state index < -0.39 is 5.82 Å². The van der Waals surface area contributed by atoms with E-state index in [1.807, 2.05) is 32.0 Å². The van der Waals surface area contributed by atoms with Gasteiger partial charge in [-0.25, -0.2) is 9.38 Å². The highest BCUT2D eigenvalue weighted by molar-refractivity contribution is 14.0. The molecule has 2 rings (SSSR count). The summed E-state index contributed by atoms with van der Waals surface area (Å²) in [6.45, 7) is 5.84. The van der Waals surface area contributed by atoms with Crippen LogP contribution in [0.5, 0.6) is 5.75 Å². The molecule has 0 radical (unpaired) electrons. The molecule has 2 aromatic rings. The van der Waals surface area contributed by atoms with Crippen molar-refractivity contribution < 1.29 is 13.9 Å². The van der Waals surface area contributed by atoms with Crippen molar-refractivity contribution in [1.82, 2.24) is 16.0 Å². The Hall–Kier alpha value is -2.36. The molecule has 158 valence electrons. The van der Waals surface area contributed by atoms with Gasteiger partial charge in [-0.05, 0) is 38.1 Å². The van der Waals surface area contributed by atoms with Crippen molar-refractivity contribution in [2.45, 2.75) is 20.0 Å². The number of hydrogen-bond acceptors (Lipinski definition) is 3. The van der Waals surface area contributed by atoms with E-state index in [9.17, 15) is 9.18 Å². The maximum Gasteiger partial charge on any atom is 0.251 e. The highest BCUT2D eigenvalue weighted by atomic mass is 127. The summed E-state index contributed by atoms with van der Waals surface area (Å²) < 4.78 is 19.2. The lowest BCUT2D eigenvalue weighted by atomic mass is 10.2. The van der Waals surface area contributed by atoms with Crippen molar-refractivity contribution in [2.24, 2.45) is 4.99 Å². The van der Waals surface area contributed by atoms with E-state index in [-0.39, 0.29) is 41.7 Å². The Balaban J connectivity index is 0.00000420. The first-order valence-corrected chi connectivity index (χ1v) is 9.36. The number of guanidine groups is 1. The molecule has 0 aliphatic rings. The summed E-state index contributed by atoms with van der Waals surface area (Å²) >= 11 is 0. The first-order chi connectivity index (χ1) is 13.6. The monoisotopic (exact) mass is 514 g/mol. The first kappa shape index (κ1) is 24.7. The summed E-state index contributed by atoms with van der Waals surface area (Å²) in [5, 5.41) is 9.13. The molecule has 8 heteroatoms. The SMILES string of the molecule is CCNC(=NCC(C)Oc1ccccc1F)NCCNC(=O)c1ccccc1.I. The molecule has 0 saturated heterocycles. The number of halogens is 2. The van der Waals surface area contributed by atoms with E-state index >= 15 is 0 Å². The molecular formula is C21H28FIN4O2. The van der Waals surface area contributed by atoms with Gasteiger partial charge < -0.3 is 20.7 Å². The number of ether oxygens (including phenoxy) is 1. The van der Waals surface area contributed by atoms with Crippen LogP contribution in [0.15, 0.2) is 59.6 Å². The van der Waals surface area contributed by atoms with E-state index in [0.29, 0.717) is 37.7 Å². The zero-order valence-corrected chi connectivity index (χ0v) is 19.0. The van der Waals surface area contributed by atoms with Crippen molar-refractivity contribution in [3.8, 4) is 5.75 Å². The summed E-state index contributed by atoms with van der Waals surface area (Å²) in [6.07, 6.45) is -0.287. The second kappa shape index (κ2) is 13.8. The smallest absolute Gasteiger partial charge is 0.251 e. The van der Waals surface area contributed by atoms with Crippen LogP contribution >= 0.6 is 24.0 Å². The fraction of sp³-hybridized carbons (Fsp3) is 0.333. The van der Waals surface area contributed by atoms with Gasteiger partial charge >= 0.3 is 0 Å². The number of amides is 1. The fourth-order valence-electron chi connectivity index (χ4n) is 2.40. The number of aliphatic imine (C=N–C) groups is 1. The number of nitrogens with zero attached hydrogens (tertiary/aromatic N) is 1. The Morgan fingerprint density at radius 2 is 1.69 bits per heavy atom. The highest BCUT2D eigenvalue weighted by Gasteiger charge is 2.08. The summed E-state index contributed by atoms with van der Waals surface area (Å²) in [4.78, 5) is 16.4. The van der Waals surface area contributed by atoms with Crippen LogP contribution in [0.25, 0.3) is 0 Å².